The summed E-state index contributed by atoms with van der Waals surface area (Å²) in [5.74, 6) is 0. The molecule has 0 bridgehead atoms. The van der Waals surface area contributed by atoms with Crippen molar-refractivity contribution in [3.63, 3.8) is 0 Å². The van der Waals surface area contributed by atoms with Crippen molar-refractivity contribution in [1.82, 2.24) is 27.4 Å². The van der Waals surface area contributed by atoms with Crippen molar-refractivity contribution in [1.29, 1.82) is 15.8 Å². The highest BCUT2D eigenvalue weighted by molar-refractivity contribution is 6.17. The molecule has 0 aliphatic rings. The lowest BCUT2D eigenvalue weighted by Gasteiger charge is -2.21. The van der Waals surface area contributed by atoms with Gasteiger partial charge in [0.25, 0.3) is 0 Å². The summed E-state index contributed by atoms with van der Waals surface area (Å²) in [6.07, 6.45) is 0. The van der Waals surface area contributed by atoms with E-state index in [9.17, 15) is 15.8 Å². The van der Waals surface area contributed by atoms with Gasteiger partial charge in [0.2, 0.25) is 0 Å². The molecular weight excluding hydrogens is 1170 g/mol. The number of fused-ring (bicyclic) bond motifs is 18. The number of hydrogen-bond acceptors (Lipinski definition) is 3. The van der Waals surface area contributed by atoms with Crippen molar-refractivity contribution >= 4 is 131 Å². The van der Waals surface area contributed by atoms with Gasteiger partial charge in [-0.15, -0.1) is 0 Å². The van der Waals surface area contributed by atoms with E-state index in [1.165, 1.54) is 0 Å². The molecule has 0 spiro atoms. The van der Waals surface area contributed by atoms with Crippen LogP contribution in [0.3, 0.4) is 0 Å². The number of rotatable bonds is 7. The average Bonchev–Trinajstić information content (AvgIpc) is 1.55. The number of nitrogens with zero attached hydrogens (tertiary/aromatic N) is 9. The van der Waals surface area contributed by atoms with Crippen LogP contribution in [0.2, 0.25) is 0 Å². The van der Waals surface area contributed by atoms with E-state index in [1.54, 1.807) is 18.2 Å². The van der Waals surface area contributed by atoms with Gasteiger partial charge < -0.3 is 27.4 Å². The van der Waals surface area contributed by atoms with Gasteiger partial charge in [0.15, 0.2) is 0 Å². The third-order valence-electron chi connectivity index (χ3n) is 20.0. The first-order valence-electron chi connectivity index (χ1n) is 32.2. The van der Waals surface area contributed by atoms with Crippen LogP contribution in [0.5, 0.6) is 0 Å². The highest BCUT2D eigenvalue weighted by Crippen LogP contribution is 2.46. The molecule has 14 aromatic carbocycles. The summed E-state index contributed by atoms with van der Waals surface area (Å²) in [5.41, 5.74) is 20.0. The lowest BCUT2D eigenvalue weighted by Crippen LogP contribution is -2.07. The summed E-state index contributed by atoms with van der Waals surface area (Å²) in [4.78, 5) is 0. The van der Waals surface area contributed by atoms with E-state index in [0.717, 1.165) is 165 Å². The van der Waals surface area contributed by atoms with Crippen molar-refractivity contribution in [2.45, 2.75) is 0 Å². The molecule has 6 aromatic heterocycles. The van der Waals surface area contributed by atoms with E-state index in [1.807, 2.05) is 6.07 Å². The zero-order valence-corrected chi connectivity index (χ0v) is 51.3. The van der Waals surface area contributed by atoms with Gasteiger partial charge in [0.1, 0.15) is 0 Å². The highest BCUT2D eigenvalue weighted by atomic mass is 15.1. The summed E-state index contributed by atoms with van der Waals surface area (Å²) in [5, 5.41) is 46.5. The maximum absolute atomic E-state index is 11.9. The molecule has 0 saturated carbocycles. The summed E-state index contributed by atoms with van der Waals surface area (Å²) in [6.45, 7) is 0. The van der Waals surface area contributed by atoms with Crippen LogP contribution in [0.4, 0.5) is 0 Å². The topological polar surface area (TPSA) is 101 Å². The predicted octanol–water partition coefficient (Wildman–Crippen LogP) is 21.6. The molecule has 0 unspecified atom stereocenters. The Morgan fingerprint density at radius 1 is 0.198 bits per heavy atom. The summed E-state index contributed by atoms with van der Waals surface area (Å²) >= 11 is 0. The largest absolute Gasteiger partial charge is 0.309 e. The molecule has 0 saturated heterocycles. The van der Waals surface area contributed by atoms with Crippen molar-refractivity contribution in [3.8, 4) is 63.5 Å². The summed E-state index contributed by atoms with van der Waals surface area (Å²) in [7, 11) is 0. The van der Waals surface area contributed by atoms with E-state index < -0.39 is 0 Å². The van der Waals surface area contributed by atoms with Crippen LogP contribution >= 0.6 is 0 Å². The molecule has 442 valence electrons. The van der Waals surface area contributed by atoms with E-state index in [0.29, 0.717) is 27.8 Å². The van der Waals surface area contributed by atoms with Crippen LogP contribution in [0.15, 0.2) is 297 Å². The zero-order valence-electron chi connectivity index (χ0n) is 51.3. The maximum atomic E-state index is 11.9. The first-order valence-corrected chi connectivity index (χ1v) is 32.2. The SMILES string of the molecule is N#Cc1cc(C#N)cc(-c2cc(-n3c4cc(-n5c6ccccc6c6ccccc65)ccc4c4ccc(-n5c6ccccc6c6ccccc65)cc43)c(-n3c4cc(-n5c6ccccc6c6ccccc65)ccc4c4ccc(-n5c6ccccc6c6ccccc65)cc43)cc2C#N)c1. The Hall–Kier alpha value is -13.7. The van der Waals surface area contributed by atoms with Crippen LogP contribution in [0.25, 0.3) is 176 Å². The molecule has 9 nitrogen and oxygen atoms in total. The average molecular weight is 1220 g/mol. The molecule has 0 radical (unpaired) electrons. The van der Waals surface area contributed by atoms with Crippen molar-refractivity contribution in [2.24, 2.45) is 0 Å². The molecule has 20 rings (SSSR count). The highest BCUT2D eigenvalue weighted by Gasteiger charge is 2.27. The zero-order chi connectivity index (χ0) is 63.4. The molecule has 0 atom stereocenters. The lowest BCUT2D eigenvalue weighted by atomic mass is 9.95. The fourth-order valence-electron chi connectivity index (χ4n) is 16.0. The van der Waals surface area contributed by atoms with Crippen LogP contribution in [-0.4, -0.2) is 27.4 Å². The van der Waals surface area contributed by atoms with Gasteiger partial charge in [-0.3, -0.25) is 0 Å². The van der Waals surface area contributed by atoms with Gasteiger partial charge in [-0.2, -0.15) is 15.8 Å². The summed E-state index contributed by atoms with van der Waals surface area (Å²) < 4.78 is 14.3. The number of benzene rings is 14. The molecule has 0 aliphatic heterocycles. The Bertz CT molecular complexity index is 6360. The van der Waals surface area contributed by atoms with E-state index in [-0.39, 0.29) is 0 Å². The van der Waals surface area contributed by atoms with Crippen molar-refractivity contribution < 1.29 is 0 Å². The molecule has 0 aliphatic carbocycles. The van der Waals surface area contributed by atoms with Gasteiger partial charge in [-0.1, -0.05) is 170 Å². The smallest absolute Gasteiger partial charge is 0.0998 e. The standard InChI is InChI=1S/C87H49N9/c88-50-53-41-54(51-89)43-55(42-53)73-49-87(96-84-47-59(93-78-29-13-5-21-65(78)66-22-6-14-30-79(66)93)35-39-71(84)72-40-36-60(48-85(72)96)94-80-31-15-7-23-67(80)68-24-8-16-32-81(68)94)86(44-56(73)52-90)95-82-45-57(91-74-25-9-1-17-61(74)62-18-2-10-26-75(62)91)33-37-69(82)70-38-34-58(46-83(70)95)92-76-27-11-3-19-63(76)64-20-4-12-28-77(64)92/h1-49H. The second kappa shape index (κ2) is 20.2. The van der Waals surface area contributed by atoms with E-state index in [2.05, 4.69) is 319 Å². The number of hydrogen-bond donors (Lipinski definition) is 0. The Balaban J connectivity index is 0.970. The maximum Gasteiger partial charge on any atom is 0.0998 e. The van der Waals surface area contributed by atoms with Crippen LogP contribution < -0.4 is 0 Å². The Morgan fingerprint density at radius 3 is 0.688 bits per heavy atom. The summed E-state index contributed by atoms with van der Waals surface area (Å²) in [6, 6.07) is 113. The third kappa shape index (κ3) is 7.46. The second-order valence-corrected chi connectivity index (χ2v) is 25.0. The first-order chi connectivity index (χ1) is 47.5. The van der Waals surface area contributed by atoms with Gasteiger partial charge in [0.05, 0.1) is 112 Å². The quantitative estimate of drug-likeness (QED) is 0.159. The van der Waals surface area contributed by atoms with Gasteiger partial charge in [0, 0.05) is 92.9 Å². The van der Waals surface area contributed by atoms with E-state index >= 15 is 0 Å². The number of nitriles is 3. The molecule has 6 heterocycles. The van der Waals surface area contributed by atoms with Crippen LogP contribution in [0, 0.1) is 34.0 Å². The molecule has 0 N–H and O–H groups in total. The lowest BCUT2D eigenvalue weighted by molar-refractivity contribution is 1.08. The molecule has 9 heteroatoms. The third-order valence-corrected chi connectivity index (χ3v) is 20.0. The molecule has 0 fully saturated rings. The first kappa shape index (κ1) is 53.1. The molecule has 20 aromatic rings. The monoisotopic (exact) mass is 1220 g/mol. The number of aromatic nitrogens is 6. The van der Waals surface area contributed by atoms with Crippen molar-refractivity contribution in [3.05, 3.63) is 314 Å². The minimum absolute atomic E-state index is 0.319. The minimum Gasteiger partial charge on any atom is -0.309 e. The Morgan fingerprint density at radius 2 is 0.438 bits per heavy atom. The Labute approximate surface area is 548 Å². The van der Waals surface area contributed by atoms with Gasteiger partial charge in [-0.25, -0.2) is 0 Å². The molecular formula is C87H49N9. The van der Waals surface area contributed by atoms with Gasteiger partial charge in [-0.05, 0) is 133 Å². The van der Waals surface area contributed by atoms with E-state index in [4.69, 9.17) is 0 Å². The van der Waals surface area contributed by atoms with Crippen LogP contribution in [-0.2, 0) is 0 Å². The normalized spacial score (nSPS) is 11.9. The molecule has 96 heavy (non-hydrogen) atoms. The van der Waals surface area contributed by atoms with Crippen LogP contribution in [0.1, 0.15) is 16.7 Å². The van der Waals surface area contributed by atoms with Gasteiger partial charge >= 0.3 is 0 Å². The van der Waals surface area contributed by atoms with Crippen molar-refractivity contribution in [2.75, 3.05) is 0 Å². The number of para-hydroxylation sites is 8. The second-order valence-electron chi connectivity index (χ2n) is 25.0. The fourth-order valence-corrected chi connectivity index (χ4v) is 16.0. The molecule has 0 amide bonds. The fraction of sp³-hybridized carbons (Fsp3) is 0. The predicted molar refractivity (Wildman–Crippen MR) is 392 cm³/mol. The Kier molecular flexibility index (Phi) is 11.1. The minimum atomic E-state index is 0.319.